The summed E-state index contributed by atoms with van der Waals surface area (Å²) >= 11 is 3.08. The highest BCUT2D eigenvalue weighted by molar-refractivity contribution is 7.14. The zero-order chi connectivity index (χ0) is 18.6. The van der Waals surface area contributed by atoms with E-state index in [-0.39, 0.29) is 24.7 Å². The van der Waals surface area contributed by atoms with Gasteiger partial charge in [-0.05, 0) is 35.7 Å². The minimum absolute atomic E-state index is 0.0690. The van der Waals surface area contributed by atoms with E-state index in [4.69, 9.17) is 9.26 Å². The number of thiazole rings is 1. The second-order valence-electron chi connectivity index (χ2n) is 5.51. The Morgan fingerprint density at radius 1 is 1.11 bits per heavy atom. The molecule has 136 valence electrons. The number of thiophene rings is 1. The molecule has 4 rings (SSSR count). The van der Waals surface area contributed by atoms with E-state index >= 15 is 0 Å². The van der Waals surface area contributed by atoms with Crippen LogP contribution in [0.15, 0.2) is 51.0 Å². The summed E-state index contributed by atoms with van der Waals surface area (Å²) in [5, 5.41) is 10.5. The van der Waals surface area contributed by atoms with Crippen molar-refractivity contribution in [2.75, 3.05) is 0 Å². The molecule has 0 amide bonds. The lowest BCUT2D eigenvalue weighted by atomic mass is 10.2. The Balaban J connectivity index is 1.32. The number of halogens is 1. The largest absolute Gasteiger partial charge is 0.455 e. The van der Waals surface area contributed by atoms with Crippen molar-refractivity contribution >= 4 is 28.6 Å². The maximum Gasteiger partial charge on any atom is 0.312 e. The minimum Gasteiger partial charge on any atom is -0.455 e. The predicted octanol–water partition coefficient (Wildman–Crippen LogP) is 4.35. The molecule has 0 N–H and O–H groups in total. The molecule has 3 heterocycles. The molecule has 3 aromatic heterocycles. The van der Waals surface area contributed by atoms with Gasteiger partial charge in [0.2, 0.25) is 5.82 Å². The zero-order valence-electron chi connectivity index (χ0n) is 13.8. The summed E-state index contributed by atoms with van der Waals surface area (Å²) in [6.45, 7) is -0.130. The van der Waals surface area contributed by atoms with Gasteiger partial charge < -0.3 is 9.26 Å². The number of carbonyl (C=O) groups excluding carboxylic acids is 1. The number of carbonyl (C=O) groups is 1. The molecule has 6 nitrogen and oxygen atoms in total. The van der Waals surface area contributed by atoms with Gasteiger partial charge in [-0.2, -0.15) is 16.3 Å². The Morgan fingerprint density at radius 3 is 2.74 bits per heavy atom. The van der Waals surface area contributed by atoms with Crippen molar-refractivity contribution in [3.8, 4) is 22.0 Å². The molecule has 0 unspecified atom stereocenters. The lowest BCUT2D eigenvalue weighted by Gasteiger charge is -1.99. The van der Waals surface area contributed by atoms with Crippen LogP contribution < -0.4 is 0 Å². The monoisotopic (exact) mass is 401 g/mol. The SMILES string of the molecule is O=C(Cc1csc(-c2ccsc2)n1)OCc1nc(-c2ccc(F)cc2)no1. The van der Waals surface area contributed by atoms with E-state index in [0.717, 1.165) is 10.6 Å². The number of hydrogen-bond donors (Lipinski definition) is 0. The lowest BCUT2D eigenvalue weighted by Crippen LogP contribution is -2.08. The second-order valence-corrected chi connectivity index (χ2v) is 7.15. The van der Waals surface area contributed by atoms with Gasteiger partial charge in [0.05, 0.1) is 12.1 Å². The summed E-state index contributed by atoms with van der Waals surface area (Å²) in [5.41, 5.74) is 2.31. The number of nitrogens with zero attached hydrogens (tertiary/aromatic N) is 3. The average Bonchev–Trinajstić information content (AvgIpc) is 3.42. The maximum absolute atomic E-state index is 13.0. The molecule has 4 aromatic rings. The molecular weight excluding hydrogens is 389 g/mol. The van der Waals surface area contributed by atoms with Crippen LogP contribution in [0.2, 0.25) is 0 Å². The highest BCUT2D eigenvalue weighted by atomic mass is 32.1. The van der Waals surface area contributed by atoms with Crippen LogP contribution in [0.5, 0.6) is 0 Å². The Hall–Kier alpha value is -2.91. The van der Waals surface area contributed by atoms with Gasteiger partial charge in [-0.25, -0.2) is 9.37 Å². The van der Waals surface area contributed by atoms with Crippen molar-refractivity contribution < 1.29 is 18.4 Å². The van der Waals surface area contributed by atoms with Crippen LogP contribution in [0.25, 0.3) is 22.0 Å². The van der Waals surface area contributed by atoms with Gasteiger partial charge in [-0.3, -0.25) is 4.79 Å². The third-order valence-electron chi connectivity index (χ3n) is 3.57. The summed E-state index contributed by atoms with van der Waals surface area (Å²) < 4.78 is 23.2. The van der Waals surface area contributed by atoms with Crippen molar-refractivity contribution in [2.45, 2.75) is 13.0 Å². The maximum atomic E-state index is 13.0. The zero-order valence-corrected chi connectivity index (χ0v) is 15.4. The van der Waals surface area contributed by atoms with Crippen LogP contribution in [-0.2, 0) is 22.6 Å². The quantitative estimate of drug-likeness (QED) is 0.447. The Kier molecular flexibility index (Phi) is 5.03. The molecule has 0 saturated heterocycles. The first kappa shape index (κ1) is 17.5. The number of aromatic nitrogens is 3. The van der Waals surface area contributed by atoms with Gasteiger partial charge >= 0.3 is 5.97 Å². The first-order valence-electron chi connectivity index (χ1n) is 7.88. The van der Waals surface area contributed by atoms with Crippen molar-refractivity contribution in [3.05, 3.63) is 63.9 Å². The van der Waals surface area contributed by atoms with E-state index in [1.54, 1.807) is 23.5 Å². The molecule has 27 heavy (non-hydrogen) atoms. The lowest BCUT2D eigenvalue weighted by molar-refractivity contribution is -0.144. The van der Waals surface area contributed by atoms with Crippen molar-refractivity contribution in [2.24, 2.45) is 0 Å². The number of benzene rings is 1. The summed E-state index contributed by atoms with van der Waals surface area (Å²) in [4.78, 5) is 20.6. The van der Waals surface area contributed by atoms with Crippen LogP contribution in [0.1, 0.15) is 11.6 Å². The van der Waals surface area contributed by atoms with Gasteiger partial charge in [0.25, 0.3) is 5.89 Å². The van der Waals surface area contributed by atoms with Gasteiger partial charge in [0.1, 0.15) is 10.8 Å². The molecule has 0 radical (unpaired) electrons. The molecule has 0 fully saturated rings. The fourth-order valence-electron chi connectivity index (χ4n) is 2.28. The van der Waals surface area contributed by atoms with Crippen LogP contribution in [0.4, 0.5) is 4.39 Å². The molecule has 0 spiro atoms. The molecule has 0 saturated carbocycles. The van der Waals surface area contributed by atoms with E-state index in [1.165, 1.54) is 23.5 Å². The summed E-state index contributed by atoms with van der Waals surface area (Å²) in [6, 6.07) is 7.69. The fourth-order valence-corrected chi connectivity index (χ4v) is 3.81. The molecule has 0 bridgehead atoms. The normalized spacial score (nSPS) is 10.9. The predicted molar refractivity (Wildman–Crippen MR) is 98.6 cm³/mol. The van der Waals surface area contributed by atoms with Crippen molar-refractivity contribution in [1.82, 2.24) is 15.1 Å². The first-order chi connectivity index (χ1) is 13.2. The van der Waals surface area contributed by atoms with E-state index < -0.39 is 5.97 Å². The molecule has 0 aliphatic carbocycles. The van der Waals surface area contributed by atoms with Gasteiger partial charge in [0.15, 0.2) is 6.61 Å². The van der Waals surface area contributed by atoms with E-state index in [1.807, 2.05) is 22.2 Å². The van der Waals surface area contributed by atoms with Gasteiger partial charge in [-0.15, -0.1) is 11.3 Å². The van der Waals surface area contributed by atoms with E-state index in [0.29, 0.717) is 17.1 Å². The van der Waals surface area contributed by atoms with Crippen LogP contribution in [-0.4, -0.2) is 21.1 Å². The van der Waals surface area contributed by atoms with Gasteiger partial charge in [0, 0.05) is 21.9 Å². The molecule has 0 atom stereocenters. The van der Waals surface area contributed by atoms with Gasteiger partial charge in [-0.1, -0.05) is 5.16 Å². The number of rotatable bonds is 6. The Bertz CT molecular complexity index is 1040. The molecule has 0 aliphatic rings. The third-order valence-corrected chi connectivity index (χ3v) is 5.20. The summed E-state index contributed by atoms with van der Waals surface area (Å²) in [5.74, 6) is -0.305. The highest BCUT2D eigenvalue weighted by Gasteiger charge is 2.13. The number of hydrogen-bond acceptors (Lipinski definition) is 8. The number of ether oxygens (including phenoxy) is 1. The van der Waals surface area contributed by atoms with E-state index in [2.05, 4.69) is 15.1 Å². The number of esters is 1. The van der Waals surface area contributed by atoms with Crippen LogP contribution in [0, 0.1) is 5.82 Å². The fraction of sp³-hybridized carbons (Fsp3) is 0.111. The third kappa shape index (κ3) is 4.26. The average molecular weight is 401 g/mol. The van der Waals surface area contributed by atoms with Crippen LogP contribution >= 0.6 is 22.7 Å². The smallest absolute Gasteiger partial charge is 0.312 e. The molecular formula is C18H12FN3O3S2. The molecule has 9 heteroatoms. The standard InChI is InChI=1S/C18H12FN3O3S2/c19-13-3-1-11(2-4-13)17-21-15(25-22-17)8-24-16(23)7-14-10-27-18(20-14)12-5-6-26-9-12/h1-6,9-10H,7-8H2. The first-order valence-corrected chi connectivity index (χ1v) is 9.71. The summed E-state index contributed by atoms with van der Waals surface area (Å²) in [7, 11) is 0. The minimum atomic E-state index is -0.432. The second kappa shape index (κ2) is 7.77. The highest BCUT2D eigenvalue weighted by Crippen LogP contribution is 2.26. The molecule has 0 aliphatic heterocycles. The summed E-state index contributed by atoms with van der Waals surface area (Å²) in [6.07, 6.45) is 0.0690. The van der Waals surface area contributed by atoms with Crippen LogP contribution in [0.3, 0.4) is 0 Å². The van der Waals surface area contributed by atoms with Crippen molar-refractivity contribution in [3.63, 3.8) is 0 Å². The van der Waals surface area contributed by atoms with Crippen molar-refractivity contribution in [1.29, 1.82) is 0 Å². The Labute approximate surface area is 161 Å². The van der Waals surface area contributed by atoms with E-state index in [9.17, 15) is 9.18 Å². The molecule has 1 aromatic carbocycles. The Morgan fingerprint density at radius 2 is 1.96 bits per heavy atom. The topological polar surface area (TPSA) is 78.1 Å².